The molecule has 0 aromatic heterocycles. The summed E-state index contributed by atoms with van der Waals surface area (Å²) in [5.41, 5.74) is 0.862. The first-order valence-corrected chi connectivity index (χ1v) is 9.28. The van der Waals surface area contributed by atoms with Gasteiger partial charge in [0.05, 0.1) is 5.75 Å². The first-order chi connectivity index (χ1) is 11.4. The lowest BCUT2D eigenvalue weighted by molar-refractivity contribution is -0.151. The Kier molecular flexibility index (Phi) is 4.81. The first-order valence-electron chi connectivity index (χ1n) is 8.13. The Morgan fingerprint density at radius 2 is 1.50 bits per heavy atom. The lowest BCUT2D eigenvalue weighted by atomic mass is 9.98. The van der Waals surface area contributed by atoms with Gasteiger partial charge in [-0.3, -0.25) is 4.79 Å². The maximum atomic E-state index is 11.9. The molecular weight excluding hydrogens is 316 g/mol. The molecule has 3 heteroatoms. The summed E-state index contributed by atoms with van der Waals surface area (Å²) in [5.74, 6) is 1.01. The molecule has 0 heterocycles. The maximum absolute atomic E-state index is 11.9. The Hall–Kier alpha value is -2.00. The summed E-state index contributed by atoms with van der Waals surface area (Å²) in [5, 5.41) is 4.99. The van der Waals surface area contributed by atoms with E-state index in [1.807, 2.05) is 20.8 Å². The lowest BCUT2D eigenvalue weighted by Gasteiger charge is -2.19. The monoisotopic (exact) mass is 338 g/mol. The average Bonchev–Trinajstić information content (AvgIpc) is 2.52. The predicted molar refractivity (Wildman–Crippen MR) is 103 cm³/mol. The zero-order chi connectivity index (χ0) is 17.2. The molecule has 0 saturated heterocycles. The molecule has 0 radical (unpaired) electrons. The van der Waals surface area contributed by atoms with Gasteiger partial charge in [-0.2, -0.15) is 0 Å². The van der Waals surface area contributed by atoms with Crippen LogP contribution < -0.4 is 0 Å². The third kappa shape index (κ3) is 3.90. The van der Waals surface area contributed by atoms with Crippen LogP contribution in [0.3, 0.4) is 0 Å². The summed E-state index contributed by atoms with van der Waals surface area (Å²) in [6.07, 6.45) is 0. The van der Waals surface area contributed by atoms with E-state index in [0.29, 0.717) is 5.75 Å². The van der Waals surface area contributed by atoms with Crippen molar-refractivity contribution in [1.29, 1.82) is 0 Å². The highest BCUT2D eigenvalue weighted by atomic mass is 32.2. The Bertz CT molecular complexity index is 824. The molecule has 0 aliphatic heterocycles. The first kappa shape index (κ1) is 16.8. The van der Waals surface area contributed by atoms with Crippen molar-refractivity contribution in [2.24, 2.45) is 0 Å². The van der Waals surface area contributed by atoms with Gasteiger partial charge < -0.3 is 4.74 Å². The number of hydrogen-bond acceptors (Lipinski definition) is 3. The molecule has 3 aromatic rings. The van der Waals surface area contributed by atoms with Gasteiger partial charge in [-0.25, -0.2) is 0 Å². The Labute approximate surface area is 147 Å². The summed E-state index contributed by atoms with van der Waals surface area (Å²) in [6, 6.07) is 19.1. The molecule has 0 N–H and O–H groups in total. The second-order valence-electron chi connectivity index (χ2n) is 6.88. The number of thioether (sulfide) groups is 1. The number of carbonyl (C=O) groups excluding carboxylic acids is 1. The highest BCUT2D eigenvalue weighted by molar-refractivity contribution is 7.99. The maximum Gasteiger partial charge on any atom is 0.316 e. The summed E-state index contributed by atoms with van der Waals surface area (Å²) >= 11 is 1.61. The molecular formula is C21H22O2S. The summed E-state index contributed by atoms with van der Waals surface area (Å²) in [4.78, 5) is 11.9. The van der Waals surface area contributed by atoms with Gasteiger partial charge in [-0.05, 0) is 53.9 Å². The Morgan fingerprint density at radius 1 is 0.958 bits per heavy atom. The van der Waals surface area contributed by atoms with Crippen LogP contribution in [0.15, 0.2) is 54.6 Å². The van der Waals surface area contributed by atoms with Crippen molar-refractivity contribution in [3.05, 3.63) is 60.2 Å². The van der Waals surface area contributed by atoms with Gasteiger partial charge in [0.1, 0.15) is 5.60 Å². The van der Waals surface area contributed by atoms with E-state index < -0.39 is 5.60 Å². The molecule has 0 aliphatic rings. The van der Waals surface area contributed by atoms with Crippen LogP contribution in [0.25, 0.3) is 21.5 Å². The molecule has 3 aromatic carbocycles. The number of benzene rings is 3. The number of ether oxygens (including phenoxy) is 1. The van der Waals surface area contributed by atoms with Crippen molar-refractivity contribution in [2.45, 2.75) is 32.1 Å². The minimum absolute atomic E-state index is 0.156. The molecule has 0 bridgehead atoms. The van der Waals surface area contributed by atoms with E-state index in [4.69, 9.17) is 4.74 Å². The summed E-state index contributed by atoms with van der Waals surface area (Å²) in [7, 11) is 0. The second kappa shape index (κ2) is 6.86. The van der Waals surface area contributed by atoms with Crippen molar-refractivity contribution >= 4 is 39.3 Å². The third-order valence-corrected chi connectivity index (χ3v) is 4.70. The molecule has 124 valence electrons. The zero-order valence-electron chi connectivity index (χ0n) is 14.3. The van der Waals surface area contributed by atoms with Crippen LogP contribution in [0.4, 0.5) is 0 Å². The Morgan fingerprint density at radius 3 is 2.04 bits per heavy atom. The van der Waals surface area contributed by atoms with Crippen molar-refractivity contribution in [3.63, 3.8) is 0 Å². The normalized spacial score (nSPS) is 11.8. The summed E-state index contributed by atoms with van der Waals surface area (Å²) in [6.45, 7) is 5.69. The Balaban J connectivity index is 1.86. The van der Waals surface area contributed by atoms with Gasteiger partial charge >= 0.3 is 5.97 Å². The topological polar surface area (TPSA) is 26.3 Å². The third-order valence-electron chi connectivity index (χ3n) is 3.77. The van der Waals surface area contributed by atoms with Crippen LogP contribution in [0.5, 0.6) is 0 Å². The van der Waals surface area contributed by atoms with Crippen molar-refractivity contribution in [1.82, 2.24) is 0 Å². The fraction of sp³-hybridized carbons (Fsp3) is 0.286. The molecule has 0 fully saturated rings. The van der Waals surface area contributed by atoms with E-state index >= 15 is 0 Å². The van der Waals surface area contributed by atoms with Gasteiger partial charge in [0, 0.05) is 5.75 Å². The van der Waals surface area contributed by atoms with Crippen LogP contribution in [0.2, 0.25) is 0 Å². The van der Waals surface area contributed by atoms with E-state index in [2.05, 4.69) is 54.6 Å². The van der Waals surface area contributed by atoms with Crippen LogP contribution in [-0.2, 0) is 15.3 Å². The fourth-order valence-electron chi connectivity index (χ4n) is 2.87. The molecule has 3 rings (SSSR count). The van der Waals surface area contributed by atoms with E-state index in [9.17, 15) is 4.79 Å². The van der Waals surface area contributed by atoms with E-state index in [-0.39, 0.29) is 5.97 Å². The molecule has 0 aliphatic carbocycles. The summed E-state index contributed by atoms with van der Waals surface area (Å²) < 4.78 is 5.39. The van der Waals surface area contributed by atoms with Gasteiger partial charge in [0.15, 0.2) is 0 Å². The minimum Gasteiger partial charge on any atom is -0.459 e. The second-order valence-corrected chi connectivity index (χ2v) is 7.86. The molecule has 0 unspecified atom stereocenters. The number of carbonyl (C=O) groups is 1. The molecule has 0 amide bonds. The van der Waals surface area contributed by atoms with E-state index in [0.717, 1.165) is 5.75 Å². The van der Waals surface area contributed by atoms with E-state index in [1.165, 1.54) is 27.1 Å². The average molecular weight is 338 g/mol. The number of hydrogen-bond donors (Lipinski definition) is 0. The molecule has 0 atom stereocenters. The highest BCUT2D eigenvalue weighted by Crippen LogP contribution is 2.31. The highest BCUT2D eigenvalue weighted by Gasteiger charge is 2.16. The fourth-order valence-corrected chi connectivity index (χ4v) is 3.71. The standard InChI is InChI=1S/C21H22O2S/c1-21(2,3)23-20(22)14-24-13-19-17-10-6-4-8-15(17)12-16-9-5-7-11-18(16)19/h4-12H,13-14H2,1-3H3. The van der Waals surface area contributed by atoms with Gasteiger partial charge in [-0.1, -0.05) is 48.5 Å². The minimum atomic E-state index is -0.427. The predicted octanol–water partition coefficient (Wildman–Crippen LogP) is 5.57. The molecule has 0 spiro atoms. The zero-order valence-corrected chi connectivity index (χ0v) is 15.2. The van der Waals surface area contributed by atoms with Gasteiger partial charge in [0.25, 0.3) is 0 Å². The van der Waals surface area contributed by atoms with Crippen molar-refractivity contribution in [3.8, 4) is 0 Å². The van der Waals surface area contributed by atoms with Crippen LogP contribution in [0, 0.1) is 0 Å². The SMILES string of the molecule is CC(C)(C)OC(=O)CSCc1c2ccccc2cc2ccccc12. The van der Waals surface area contributed by atoms with Gasteiger partial charge in [0.2, 0.25) is 0 Å². The largest absolute Gasteiger partial charge is 0.459 e. The molecule has 0 saturated carbocycles. The van der Waals surface area contributed by atoms with Gasteiger partial charge in [-0.15, -0.1) is 11.8 Å². The molecule has 24 heavy (non-hydrogen) atoms. The van der Waals surface area contributed by atoms with Crippen LogP contribution in [0.1, 0.15) is 26.3 Å². The number of esters is 1. The lowest BCUT2D eigenvalue weighted by Crippen LogP contribution is -2.24. The molecule has 2 nitrogen and oxygen atoms in total. The van der Waals surface area contributed by atoms with Crippen molar-refractivity contribution < 1.29 is 9.53 Å². The van der Waals surface area contributed by atoms with Crippen LogP contribution in [-0.4, -0.2) is 17.3 Å². The van der Waals surface area contributed by atoms with Crippen LogP contribution >= 0.6 is 11.8 Å². The van der Waals surface area contributed by atoms with E-state index in [1.54, 1.807) is 11.8 Å². The number of rotatable bonds is 4. The smallest absolute Gasteiger partial charge is 0.316 e. The van der Waals surface area contributed by atoms with Crippen molar-refractivity contribution in [2.75, 3.05) is 5.75 Å². The number of fused-ring (bicyclic) bond motifs is 2. The quantitative estimate of drug-likeness (QED) is 0.459.